The van der Waals surface area contributed by atoms with E-state index in [0.29, 0.717) is 55.2 Å². The van der Waals surface area contributed by atoms with Gasteiger partial charge in [0.05, 0.1) is 11.3 Å². The second-order valence-corrected chi connectivity index (χ2v) is 9.05. The standard InChI is InChI=1S/C23H30ClN3O3/c24-18-7-8-19(20(16-18)27-13-5-6-21(27)28)23(30)26-14-9-17(10-15-26)22(29)25-11-3-1-2-4-12-25/h7-8,16-17H,1-6,9-15H2. The molecule has 0 N–H and O–H groups in total. The molecule has 6 nitrogen and oxygen atoms in total. The predicted molar refractivity (Wildman–Crippen MR) is 117 cm³/mol. The molecule has 0 spiro atoms. The molecule has 0 atom stereocenters. The molecule has 3 saturated heterocycles. The largest absolute Gasteiger partial charge is 0.342 e. The molecule has 0 bridgehead atoms. The highest BCUT2D eigenvalue weighted by Crippen LogP contribution is 2.31. The minimum atomic E-state index is -0.0814. The van der Waals surface area contributed by atoms with Crippen molar-refractivity contribution in [1.29, 1.82) is 0 Å². The summed E-state index contributed by atoms with van der Waals surface area (Å²) in [7, 11) is 0. The Kier molecular flexibility index (Phi) is 6.61. The Morgan fingerprint density at radius 2 is 1.57 bits per heavy atom. The van der Waals surface area contributed by atoms with E-state index in [1.165, 1.54) is 12.8 Å². The number of likely N-dealkylation sites (tertiary alicyclic amines) is 2. The van der Waals surface area contributed by atoms with Crippen molar-refractivity contribution in [1.82, 2.24) is 9.80 Å². The van der Waals surface area contributed by atoms with Crippen LogP contribution in [0.1, 0.15) is 61.7 Å². The van der Waals surface area contributed by atoms with Gasteiger partial charge in [-0.25, -0.2) is 0 Å². The maximum atomic E-state index is 13.3. The number of nitrogens with zero attached hydrogens (tertiary/aromatic N) is 3. The molecular formula is C23H30ClN3O3. The molecule has 162 valence electrons. The molecular weight excluding hydrogens is 402 g/mol. The van der Waals surface area contributed by atoms with Gasteiger partial charge < -0.3 is 14.7 Å². The monoisotopic (exact) mass is 431 g/mol. The first-order valence-electron chi connectivity index (χ1n) is 11.2. The Labute approximate surface area is 183 Å². The zero-order valence-corrected chi connectivity index (χ0v) is 18.2. The number of rotatable bonds is 3. The third-order valence-electron chi connectivity index (χ3n) is 6.60. The molecule has 0 aromatic heterocycles. The molecule has 3 heterocycles. The third-order valence-corrected chi connectivity index (χ3v) is 6.84. The number of amides is 3. The first-order valence-corrected chi connectivity index (χ1v) is 11.6. The first kappa shape index (κ1) is 21.2. The molecule has 0 saturated carbocycles. The number of hydrogen-bond donors (Lipinski definition) is 0. The van der Waals surface area contributed by atoms with E-state index in [-0.39, 0.29) is 23.6 Å². The van der Waals surface area contributed by atoms with Gasteiger partial charge in [0.25, 0.3) is 5.91 Å². The van der Waals surface area contributed by atoms with E-state index >= 15 is 0 Å². The summed E-state index contributed by atoms with van der Waals surface area (Å²) in [6, 6.07) is 5.14. The van der Waals surface area contributed by atoms with Gasteiger partial charge in [0, 0.05) is 50.1 Å². The smallest absolute Gasteiger partial charge is 0.255 e. The highest BCUT2D eigenvalue weighted by atomic mass is 35.5. The van der Waals surface area contributed by atoms with Crippen LogP contribution >= 0.6 is 11.6 Å². The Hall–Kier alpha value is -2.08. The minimum Gasteiger partial charge on any atom is -0.342 e. The van der Waals surface area contributed by atoms with Crippen LogP contribution in [-0.2, 0) is 9.59 Å². The van der Waals surface area contributed by atoms with E-state index in [0.717, 1.165) is 32.4 Å². The molecule has 0 aliphatic carbocycles. The fourth-order valence-electron chi connectivity index (χ4n) is 4.86. The number of carbonyl (C=O) groups excluding carboxylic acids is 3. The molecule has 3 amide bonds. The molecule has 1 aromatic rings. The lowest BCUT2D eigenvalue weighted by atomic mass is 9.94. The summed E-state index contributed by atoms with van der Waals surface area (Å²) in [5.41, 5.74) is 1.13. The van der Waals surface area contributed by atoms with Crippen LogP contribution in [0.5, 0.6) is 0 Å². The van der Waals surface area contributed by atoms with Gasteiger partial charge in [0.15, 0.2) is 0 Å². The zero-order valence-electron chi connectivity index (χ0n) is 17.4. The zero-order chi connectivity index (χ0) is 21.1. The fraction of sp³-hybridized carbons (Fsp3) is 0.609. The molecule has 30 heavy (non-hydrogen) atoms. The van der Waals surface area contributed by atoms with Crippen LogP contribution in [0.25, 0.3) is 0 Å². The van der Waals surface area contributed by atoms with Crippen molar-refractivity contribution in [2.75, 3.05) is 37.6 Å². The number of halogens is 1. The highest BCUT2D eigenvalue weighted by molar-refractivity contribution is 6.31. The molecule has 0 unspecified atom stereocenters. The number of benzene rings is 1. The molecule has 4 rings (SSSR count). The van der Waals surface area contributed by atoms with E-state index in [1.54, 1.807) is 23.1 Å². The average Bonchev–Trinajstić information content (AvgIpc) is 3.01. The summed E-state index contributed by atoms with van der Waals surface area (Å²) in [5, 5.41) is 0.517. The van der Waals surface area contributed by atoms with Crippen molar-refractivity contribution in [3.8, 4) is 0 Å². The minimum absolute atomic E-state index is 0.0111. The van der Waals surface area contributed by atoms with E-state index in [2.05, 4.69) is 0 Å². The fourth-order valence-corrected chi connectivity index (χ4v) is 5.03. The van der Waals surface area contributed by atoms with Crippen LogP contribution in [0.2, 0.25) is 5.02 Å². The highest BCUT2D eigenvalue weighted by Gasteiger charge is 2.33. The van der Waals surface area contributed by atoms with Crippen LogP contribution in [0, 0.1) is 5.92 Å². The predicted octanol–water partition coefficient (Wildman–Crippen LogP) is 3.72. The molecule has 3 fully saturated rings. The summed E-state index contributed by atoms with van der Waals surface area (Å²) in [5.74, 6) is 0.228. The number of carbonyl (C=O) groups is 3. The van der Waals surface area contributed by atoms with E-state index in [9.17, 15) is 14.4 Å². The number of anilines is 1. The lowest BCUT2D eigenvalue weighted by Crippen LogP contribution is -2.45. The van der Waals surface area contributed by atoms with Crippen molar-refractivity contribution in [3.63, 3.8) is 0 Å². The second kappa shape index (κ2) is 9.38. The molecule has 3 aliphatic rings. The number of hydrogen-bond acceptors (Lipinski definition) is 3. The van der Waals surface area contributed by atoms with Gasteiger partial charge in [0.1, 0.15) is 0 Å². The molecule has 0 radical (unpaired) electrons. The summed E-state index contributed by atoms with van der Waals surface area (Å²) >= 11 is 6.17. The van der Waals surface area contributed by atoms with Gasteiger partial charge in [-0.2, -0.15) is 0 Å². The Balaban J connectivity index is 1.42. The first-order chi connectivity index (χ1) is 14.5. The summed E-state index contributed by atoms with van der Waals surface area (Å²) < 4.78 is 0. The van der Waals surface area contributed by atoms with Gasteiger partial charge >= 0.3 is 0 Å². The van der Waals surface area contributed by atoms with Crippen LogP contribution < -0.4 is 4.90 Å². The second-order valence-electron chi connectivity index (χ2n) is 8.62. The third kappa shape index (κ3) is 4.48. The SMILES string of the molecule is O=C(c1ccc(Cl)cc1N1CCCC1=O)N1CCC(C(=O)N2CCCCCC2)CC1. The van der Waals surface area contributed by atoms with Crippen LogP contribution in [0.3, 0.4) is 0 Å². The van der Waals surface area contributed by atoms with Crippen molar-refractivity contribution in [3.05, 3.63) is 28.8 Å². The average molecular weight is 432 g/mol. The maximum absolute atomic E-state index is 13.3. The van der Waals surface area contributed by atoms with Gasteiger partial charge in [-0.1, -0.05) is 24.4 Å². The molecule has 1 aromatic carbocycles. The summed E-state index contributed by atoms with van der Waals surface area (Å²) in [6.45, 7) is 3.50. The normalized spacial score (nSPS) is 21.1. The number of piperidine rings is 1. The van der Waals surface area contributed by atoms with Crippen LogP contribution in [0.15, 0.2) is 18.2 Å². The van der Waals surface area contributed by atoms with Crippen molar-refractivity contribution in [2.45, 2.75) is 51.4 Å². The van der Waals surface area contributed by atoms with Crippen molar-refractivity contribution >= 4 is 35.0 Å². The van der Waals surface area contributed by atoms with Gasteiger partial charge in [-0.3, -0.25) is 14.4 Å². The van der Waals surface area contributed by atoms with Crippen molar-refractivity contribution in [2.24, 2.45) is 5.92 Å². The maximum Gasteiger partial charge on any atom is 0.255 e. The molecule has 3 aliphatic heterocycles. The van der Waals surface area contributed by atoms with Crippen molar-refractivity contribution < 1.29 is 14.4 Å². The Morgan fingerprint density at radius 1 is 0.867 bits per heavy atom. The summed E-state index contributed by atoms with van der Waals surface area (Å²) in [4.78, 5) is 44.0. The van der Waals surface area contributed by atoms with E-state index < -0.39 is 0 Å². The molecule has 7 heteroatoms. The van der Waals surface area contributed by atoms with Crippen LogP contribution in [-0.4, -0.2) is 60.2 Å². The van der Waals surface area contributed by atoms with E-state index in [1.807, 2.05) is 9.80 Å². The van der Waals surface area contributed by atoms with Crippen LogP contribution in [0.4, 0.5) is 5.69 Å². The Morgan fingerprint density at radius 3 is 2.20 bits per heavy atom. The van der Waals surface area contributed by atoms with Gasteiger partial charge in [-0.15, -0.1) is 0 Å². The Bertz CT molecular complexity index is 812. The lowest BCUT2D eigenvalue weighted by Gasteiger charge is -2.34. The topological polar surface area (TPSA) is 60.9 Å². The van der Waals surface area contributed by atoms with E-state index in [4.69, 9.17) is 11.6 Å². The summed E-state index contributed by atoms with van der Waals surface area (Å²) in [6.07, 6.45) is 7.31. The quantitative estimate of drug-likeness (QED) is 0.732. The van der Waals surface area contributed by atoms with Gasteiger partial charge in [-0.05, 0) is 50.3 Å². The van der Waals surface area contributed by atoms with Gasteiger partial charge in [0.2, 0.25) is 11.8 Å². The lowest BCUT2D eigenvalue weighted by molar-refractivity contribution is -0.136.